The normalized spacial score (nSPS) is 18.2. The van der Waals surface area contributed by atoms with Gasteiger partial charge in [-0.25, -0.2) is 0 Å². The number of hydrazine groups is 1. The van der Waals surface area contributed by atoms with Gasteiger partial charge < -0.3 is 0 Å². The Morgan fingerprint density at radius 1 is 1.38 bits per heavy atom. The molecule has 3 N–H and O–H groups in total. The summed E-state index contributed by atoms with van der Waals surface area (Å²) in [6.07, 6.45) is 5.33. The predicted molar refractivity (Wildman–Crippen MR) is 67.9 cm³/mol. The molecule has 1 aliphatic rings. The van der Waals surface area contributed by atoms with Gasteiger partial charge in [-0.05, 0) is 42.9 Å². The maximum atomic E-state index is 5.70. The topological polar surface area (TPSA) is 38.0 Å². The Labute approximate surface area is 98.2 Å². The van der Waals surface area contributed by atoms with Crippen LogP contribution in [0.4, 0.5) is 0 Å². The monoisotopic (exact) mass is 218 g/mol. The van der Waals surface area contributed by atoms with Crippen molar-refractivity contribution in [1.29, 1.82) is 0 Å². The number of aryl methyl sites for hydroxylation is 1. The van der Waals surface area contributed by atoms with Gasteiger partial charge in [0.15, 0.2) is 0 Å². The van der Waals surface area contributed by atoms with Crippen molar-refractivity contribution < 1.29 is 0 Å². The third-order valence-electron chi connectivity index (χ3n) is 4.02. The molecule has 2 nitrogen and oxygen atoms in total. The molecule has 1 aliphatic carbocycles. The summed E-state index contributed by atoms with van der Waals surface area (Å²) in [5.74, 6) is 6.58. The van der Waals surface area contributed by atoms with Crippen LogP contribution in [0.15, 0.2) is 18.2 Å². The van der Waals surface area contributed by atoms with Crippen LogP contribution in [0, 0.1) is 19.8 Å². The fourth-order valence-electron chi connectivity index (χ4n) is 2.50. The number of nitrogens with two attached hydrogens (primary N) is 1. The highest BCUT2D eigenvalue weighted by atomic mass is 15.2. The molecule has 1 aromatic rings. The summed E-state index contributed by atoms with van der Waals surface area (Å²) in [5.41, 5.74) is 7.09. The van der Waals surface area contributed by atoms with E-state index in [-0.39, 0.29) is 0 Å². The Kier molecular flexibility index (Phi) is 3.62. The van der Waals surface area contributed by atoms with Gasteiger partial charge in [0.2, 0.25) is 0 Å². The molecule has 1 atom stereocenters. The molecular weight excluding hydrogens is 196 g/mol. The van der Waals surface area contributed by atoms with E-state index in [0.29, 0.717) is 6.04 Å². The molecule has 16 heavy (non-hydrogen) atoms. The lowest BCUT2D eigenvalue weighted by Gasteiger charge is -2.30. The van der Waals surface area contributed by atoms with Crippen LogP contribution in [0.25, 0.3) is 0 Å². The van der Waals surface area contributed by atoms with Crippen LogP contribution in [0.1, 0.15) is 48.4 Å². The Bertz CT molecular complexity index is 356. The van der Waals surface area contributed by atoms with Crippen molar-refractivity contribution in [3.63, 3.8) is 0 Å². The van der Waals surface area contributed by atoms with Gasteiger partial charge in [0.05, 0.1) is 0 Å². The third-order valence-corrected chi connectivity index (χ3v) is 4.02. The van der Waals surface area contributed by atoms with Crippen molar-refractivity contribution in [2.24, 2.45) is 11.8 Å². The molecule has 0 spiro atoms. The molecule has 1 aromatic carbocycles. The molecule has 0 saturated heterocycles. The van der Waals surface area contributed by atoms with Crippen LogP contribution in [0.2, 0.25) is 0 Å². The number of rotatable bonds is 4. The summed E-state index contributed by atoms with van der Waals surface area (Å²) in [4.78, 5) is 0. The van der Waals surface area contributed by atoms with Crippen molar-refractivity contribution in [3.05, 3.63) is 34.9 Å². The van der Waals surface area contributed by atoms with Crippen molar-refractivity contribution in [1.82, 2.24) is 5.43 Å². The zero-order chi connectivity index (χ0) is 11.5. The third kappa shape index (κ3) is 2.28. The first-order valence-corrected chi connectivity index (χ1v) is 6.24. The van der Waals surface area contributed by atoms with Crippen molar-refractivity contribution in [3.8, 4) is 0 Å². The lowest BCUT2D eigenvalue weighted by molar-refractivity contribution is 0.261. The first-order valence-electron chi connectivity index (χ1n) is 6.24. The fraction of sp³-hybridized carbons (Fsp3) is 0.571. The summed E-state index contributed by atoms with van der Waals surface area (Å²) in [6.45, 7) is 4.35. The Hall–Kier alpha value is -0.860. The van der Waals surface area contributed by atoms with Gasteiger partial charge in [-0.1, -0.05) is 37.5 Å². The smallest absolute Gasteiger partial charge is 0.0465 e. The SMILES string of the molecule is Cc1cccc(C(CC2CCC2)NN)c1C. The summed E-state index contributed by atoms with van der Waals surface area (Å²) in [6, 6.07) is 6.81. The largest absolute Gasteiger partial charge is 0.271 e. The fourth-order valence-corrected chi connectivity index (χ4v) is 2.50. The Morgan fingerprint density at radius 2 is 2.12 bits per heavy atom. The first kappa shape index (κ1) is 11.6. The number of nitrogens with one attached hydrogen (secondary N) is 1. The highest BCUT2D eigenvalue weighted by molar-refractivity contribution is 5.35. The van der Waals surface area contributed by atoms with Crippen LogP contribution in [-0.4, -0.2) is 0 Å². The van der Waals surface area contributed by atoms with Crippen molar-refractivity contribution in [2.45, 2.75) is 45.6 Å². The maximum absolute atomic E-state index is 5.70. The van der Waals surface area contributed by atoms with E-state index in [0.717, 1.165) is 5.92 Å². The van der Waals surface area contributed by atoms with Crippen LogP contribution >= 0.6 is 0 Å². The number of benzene rings is 1. The summed E-state index contributed by atoms with van der Waals surface area (Å²) >= 11 is 0. The molecule has 1 saturated carbocycles. The first-order chi connectivity index (χ1) is 7.72. The molecule has 0 radical (unpaired) electrons. The van der Waals surface area contributed by atoms with Crippen LogP contribution in [0.5, 0.6) is 0 Å². The van der Waals surface area contributed by atoms with Gasteiger partial charge in [-0.15, -0.1) is 0 Å². The van der Waals surface area contributed by atoms with Gasteiger partial charge >= 0.3 is 0 Å². The van der Waals surface area contributed by atoms with E-state index in [1.54, 1.807) is 0 Å². The second-order valence-electron chi connectivity index (χ2n) is 5.04. The number of hydrogen-bond acceptors (Lipinski definition) is 2. The van der Waals surface area contributed by atoms with E-state index in [4.69, 9.17) is 5.84 Å². The van der Waals surface area contributed by atoms with E-state index in [9.17, 15) is 0 Å². The van der Waals surface area contributed by atoms with Gasteiger partial charge in [0, 0.05) is 6.04 Å². The lowest BCUT2D eigenvalue weighted by Crippen LogP contribution is -2.31. The summed E-state index contributed by atoms with van der Waals surface area (Å²) in [5, 5.41) is 0. The van der Waals surface area contributed by atoms with Crippen molar-refractivity contribution in [2.75, 3.05) is 0 Å². The Balaban J connectivity index is 2.15. The number of hydrogen-bond donors (Lipinski definition) is 2. The van der Waals surface area contributed by atoms with E-state index in [1.807, 2.05) is 0 Å². The highest BCUT2D eigenvalue weighted by Gasteiger charge is 2.23. The molecule has 88 valence electrons. The molecule has 2 heteroatoms. The molecule has 1 fully saturated rings. The maximum Gasteiger partial charge on any atom is 0.0465 e. The molecule has 2 rings (SSSR count). The second kappa shape index (κ2) is 4.98. The molecule has 0 aromatic heterocycles. The molecule has 0 bridgehead atoms. The second-order valence-corrected chi connectivity index (χ2v) is 5.04. The van der Waals surface area contributed by atoms with Crippen molar-refractivity contribution >= 4 is 0 Å². The highest BCUT2D eigenvalue weighted by Crippen LogP contribution is 2.35. The predicted octanol–water partition coefficient (Wildman–Crippen LogP) is 3.00. The zero-order valence-corrected chi connectivity index (χ0v) is 10.3. The lowest BCUT2D eigenvalue weighted by atomic mass is 9.79. The van der Waals surface area contributed by atoms with Crippen LogP contribution in [0.3, 0.4) is 0 Å². The van der Waals surface area contributed by atoms with E-state index < -0.39 is 0 Å². The molecular formula is C14H22N2. The van der Waals surface area contributed by atoms with E-state index in [1.165, 1.54) is 42.4 Å². The average Bonchev–Trinajstić information content (AvgIpc) is 2.22. The van der Waals surface area contributed by atoms with Gasteiger partial charge in [-0.2, -0.15) is 0 Å². The van der Waals surface area contributed by atoms with Gasteiger partial charge in [-0.3, -0.25) is 11.3 Å². The minimum absolute atomic E-state index is 0.324. The van der Waals surface area contributed by atoms with E-state index in [2.05, 4.69) is 37.5 Å². The average molecular weight is 218 g/mol. The summed E-state index contributed by atoms with van der Waals surface area (Å²) in [7, 11) is 0. The Morgan fingerprint density at radius 3 is 2.69 bits per heavy atom. The van der Waals surface area contributed by atoms with Gasteiger partial charge in [0.25, 0.3) is 0 Å². The van der Waals surface area contributed by atoms with Crippen LogP contribution < -0.4 is 11.3 Å². The molecule has 0 amide bonds. The minimum Gasteiger partial charge on any atom is -0.271 e. The quantitative estimate of drug-likeness (QED) is 0.602. The molecule has 0 aliphatic heterocycles. The molecule has 1 unspecified atom stereocenters. The van der Waals surface area contributed by atoms with Gasteiger partial charge in [0.1, 0.15) is 0 Å². The molecule has 0 heterocycles. The van der Waals surface area contributed by atoms with E-state index >= 15 is 0 Å². The minimum atomic E-state index is 0.324. The standard InChI is InChI=1S/C14H22N2/c1-10-5-3-8-13(11(10)2)14(16-15)9-12-6-4-7-12/h3,5,8,12,14,16H,4,6-7,9,15H2,1-2H3. The zero-order valence-electron chi connectivity index (χ0n) is 10.3. The van der Waals surface area contributed by atoms with Crippen LogP contribution in [-0.2, 0) is 0 Å². The summed E-state index contributed by atoms with van der Waals surface area (Å²) < 4.78 is 0.